The van der Waals surface area contributed by atoms with Crippen molar-refractivity contribution in [1.29, 1.82) is 0 Å². The number of aryl methyl sites for hydroxylation is 1. The fourth-order valence-electron chi connectivity index (χ4n) is 4.97. The second kappa shape index (κ2) is 9.40. The number of aliphatic hydroxyl groups is 1. The van der Waals surface area contributed by atoms with Gasteiger partial charge in [-0.15, -0.1) is 0 Å². The Morgan fingerprint density at radius 2 is 1.91 bits per heavy atom. The van der Waals surface area contributed by atoms with Crippen LogP contribution < -0.4 is 18.9 Å². The molecule has 0 saturated heterocycles. The Balaban J connectivity index is 1.61. The number of likely N-dealkylation sites (N-methyl/N-ethyl adjacent to an activating group) is 1. The van der Waals surface area contributed by atoms with Gasteiger partial charge in [0.2, 0.25) is 12.5 Å². The molecule has 6 nitrogen and oxygen atoms in total. The Morgan fingerprint density at radius 1 is 1.15 bits per heavy atom. The zero-order valence-corrected chi connectivity index (χ0v) is 21.3. The molecule has 0 unspecified atom stereocenters. The maximum absolute atomic E-state index is 11.2. The molecule has 4 rings (SSSR count). The van der Waals surface area contributed by atoms with Crippen LogP contribution in [0.1, 0.15) is 52.8 Å². The first-order valence-electron chi connectivity index (χ1n) is 11.7. The zero-order chi connectivity index (χ0) is 24.6. The van der Waals surface area contributed by atoms with E-state index in [0.717, 1.165) is 47.6 Å². The van der Waals surface area contributed by atoms with E-state index in [-0.39, 0.29) is 12.8 Å². The van der Waals surface area contributed by atoms with Gasteiger partial charge in [0.15, 0.2) is 11.5 Å². The average molecular weight is 466 g/mol. The van der Waals surface area contributed by atoms with Crippen molar-refractivity contribution >= 4 is 0 Å². The van der Waals surface area contributed by atoms with E-state index < -0.39 is 5.60 Å². The number of benzene rings is 2. The Kier molecular flexibility index (Phi) is 6.71. The number of hydrogen-bond acceptors (Lipinski definition) is 6. The second-order valence-corrected chi connectivity index (χ2v) is 9.52. The molecule has 0 aliphatic carbocycles. The summed E-state index contributed by atoms with van der Waals surface area (Å²) >= 11 is 0. The van der Waals surface area contributed by atoms with Crippen molar-refractivity contribution in [3.8, 4) is 34.8 Å². The molecular weight excluding hydrogens is 430 g/mol. The van der Waals surface area contributed by atoms with Gasteiger partial charge in [-0.3, -0.25) is 4.90 Å². The molecule has 2 heterocycles. The minimum Gasteiger partial charge on any atom is -0.496 e. The first kappa shape index (κ1) is 24.3. The molecule has 182 valence electrons. The van der Waals surface area contributed by atoms with Crippen molar-refractivity contribution in [2.45, 2.75) is 58.6 Å². The highest BCUT2D eigenvalue weighted by atomic mass is 16.7. The van der Waals surface area contributed by atoms with E-state index in [1.165, 1.54) is 16.7 Å². The topological polar surface area (TPSA) is 60.4 Å². The van der Waals surface area contributed by atoms with Crippen molar-refractivity contribution in [2.24, 2.45) is 0 Å². The first-order chi connectivity index (χ1) is 16.2. The summed E-state index contributed by atoms with van der Waals surface area (Å²) in [5.41, 5.74) is 5.79. The third-order valence-corrected chi connectivity index (χ3v) is 7.16. The lowest BCUT2D eigenvalue weighted by Gasteiger charge is -2.33. The van der Waals surface area contributed by atoms with Crippen LogP contribution in [0.3, 0.4) is 0 Å². The van der Waals surface area contributed by atoms with E-state index in [0.29, 0.717) is 17.9 Å². The standard InChI is InChI=1S/C28H35NO5/c1-17-14-23(31-6)19(3)18(2)21(17)8-11-28(4,30)12-9-22-25-20(10-13-29(22)5)15-24-26(27(25)32-7)34-16-33-24/h14-15,22,30H,8,10-11,13,16H2,1-7H3/t22-,28+/m1/s1. The monoisotopic (exact) mass is 465 g/mol. The van der Waals surface area contributed by atoms with E-state index in [1.807, 2.05) is 13.1 Å². The Bertz CT molecular complexity index is 1160. The minimum atomic E-state index is -1.13. The Morgan fingerprint density at radius 3 is 2.62 bits per heavy atom. The molecule has 1 N–H and O–H groups in total. The minimum absolute atomic E-state index is 0.194. The van der Waals surface area contributed by atoms with E-state index in [2.05, 4.69) is 43.6 Å². The van der Waals surface area contributed by atoms with Crippen molar-refractivity contribution < 1.29 is 24.1 Å². The van der Waals surface area contributed by atoms with E-state index >= 15 is 0 Å². The molecule has 6 heteroatoms. The quantitative estimate of drug-likeness (QED) is 0.666. The fourth-order valence-corrected chi connectivity index (χ4v) is 4.97. The third kappa shape index (κ3) is 4.43. The highest BCUT2D eigenvalue weighted by Gasteiger charge is 2.33. The maximum Gasteiger partial charge on any atom is 0.231 e. The van der Waals surface area contributed by atoms with Gasteiger partial charge in [0.05, 0.1) is 14.2 Å². The van der Waals surface area contributed by atoms with Crippen LogP contribution in [0.5, 0.6) is 23.0 Å². The van der Waals surface area contributed by atoms with Crippen molar-refractivity contribution in [3.63, 3.8) is 0 Å². The number of ether oxygens (including phenoxy) is 4. The normalized spacial score (nSPS) is 18.5. The number of fused-ring (bicyclic) bond motifs is 2. The molecule has 2 atom stereocenters. The molecule has 0 spiro atoms. The first-order valence-corrected chi connectivity index (χ1v) is 11.7. The fraction of sp³-hybridized carbons (Fsp3) is 0.500. The molecule has 0 amide bonds. The average Bonchev–Trinajstić information content (AvgIpc) is 3.27. The Hall–Kier alpha value is -2.88. The van der Waals surface area contributed by atoms with Crippen LogP contribution >= 0.6 is 0 Å². The van der Waals surface area contributed by atoms with Crippen molar-refractivity contribution in [3.05, 3.63) is 45.5 Å². The molecule has 2 aromatic rings. The molecule has 2 aromatic carbocycles. The molecular formula is C28H35NO5. The van der Waals surface area contributed by atoms with Crippen molar-refractivity contribution in [1.82, 2.24) is 4.90 Å². The highest BCUT2D eigenvalue weighted by molar-refractivity contribution is 5.63. The summed E-state index contributed by atoms with van der Waals surface area (Å²) in [5.74, 6) is 9.47. The number of rotatable bonds is 5. The highest BCUT2D eigenvalue weighted by Crippen LogP contribution is 2.49. The molecule has 0 bridgehead atoms. The Labute approximate surface area is 202 Å². The number of nitrogens with zero attached hydrogens (tertiary/aromatic N) is 1. The lowest BCUT2D eigenvalue weighted by Crippen LogP contribution is -2.32. The number of hydrogen-bond donors (Lipinski definition) is 1. The molecule has 0 fully saturated rings. The lowest BCUT2D eigenvalue weighted by atomic mass is 9.88. The van der Waals surface area contributed by atoms with Gasteiger partial charge in [0.25, 0.3) is 0 Å². The summed E-state index contributed by atoms with van der Waals surface area (Å²) in [6, 6.07) is 3.91. The summed E-state index contributed by atoms with van der Waals surface area (Å²) in [5, 5.41) is 11.2. The van der Waals surface area contributed by atoms with E-state index in [4.69, 9.17) is 18.9 Å². The second-order valence-electron chi connectivity index (χ2n) is 9.52. The predicted molar refractivity (Wildman–Crippen MR) is 132 cm³/mol. The molecule has 0 saturated carbocycles. The maximum atomic E-state index is 11.2. The van der Waals surface area contributed by atoms with Crippen molar-refractivity contribution in [2.75, 3.05) is 34.6 Å². The van der Waals surface area contributed by atoms with Gasteiger partial charge in [-0.05, 0) is 94.0 Å². The smallest absolute Gasteiger partial charge is 0.231 e. The lowest BCUT2D eigenvalue weighted by molar-refractivity contribution is 0.112. The van der Waals surface area contributed by atoms with Gasteiger partial charge in [-0.1, -0.05) is 11.8 Å². The predicted octanol–water partition coefficient (Wildman–Crippen LogP) is 4.27. The van der Waals surface area contributed by atoms with Gasteiger partial charge >= 0.3 is 0 Å². The number of methoxy groups -OCH3 is 2. The molecule has 2 aliphatic rings. The third-order valence-electron chi connectivity index (χ3n) is 7.16. The SMILES string of the molecule is COc1cc(C)c(CC[C@](C)(O)C#C[C@@H]2c3c(cc4c(c3OC)OCO4)CCN2C)c(C)c1C. The summed E-state index contributed by atoms with van der Waals surface area (Å²) in [6.07, 6.45) is 2.15. The summed E-state index contributed by atoms with van der Waals surface area (Å²) in [4.78, 5) is 2.19. The molecule has 34 heavy (non-hydrogen) atoms. The van der Waals surface area contributed by atoms with E-state index in [9.17, 15) is 5.11 Å². The van der Waals surface area contributed by atoms with Gasteiger partial charge in [-0.25, -0.2) is 0 Å². The van der Waals surface area contributed by atoms with Gasteiger partial charge in [0.1, 0.15) is 17.4 Å². The summed E-state index contributed by atoms with van der Waals surface area (Å²) < 4.78 is 22.5. The summed E-state index contributed by atoms with van der Waals surface area (Å²) in [7, 11) is 5.40. The molecule has 2 aliphatic heterocycles. The van der Waals surface area contributed by atoms with E-state index in [1.54, 1.807) is 21.1 Å². The van der Waals surface area contributed by atoms with Crippen LogP contribution in [0.4, 0.5) is 0 Å². The van der Waals surface area contributed by atoms with Crippen LogP contribution in [0.25, 0.3) is 0 Å². The van der Waals surface area contributed by atoms with Crippen LogP contribution in [-0.4, -0.2) is 50.2 Å². The van der Waals surface area contributed by atoms with Gasteiger partial charge in [-0.2, -0.15) is 0 Å². The van der Waals surface area contributed by atoms with Gasteiger partial charge < -0.3 is 24.1 Å². The van der Waals surface area contributed by atoms with Gasteiger partial charge in [0, 0.05) is 12.1 Å². The molecule has 0 radical (unpaired) electrons. The largest absolute Gasteiger partial charge is 0.496 e. The summed E-state index contributed by atoms with van der Waals surface area (Å²) in [6.45, 7) is 9.13. The van der Waals surface area contributed by atoms with Crippen LogP contribution in [0.2, 0.25) is 0 Å². The molecule has 0 aromatic heterocycles. The van der Waals surface area contributed by atoms with Crippen LogP contribution in [0, 0.1) is 32.6 Å². The zero-order valence-electron chi connectivity index (χ0n) is 21.3. The van der Waals surface area contributed by atoms with Crippen LogP contribution in [0.15, 0.2) is 12.1 Å². The van der Waals surface area contributed by atoms with Crippen LogP contribution in [-0.2, 0) is 12.8 Å².